The van der Waals surface area contributed by atoms with Gasteiger partial charge in [-0.05, 0) is 26.8 Å². The van der Waals surface area contributed by atoms with E-state index in [0.29, 0.717) is 0 Å². The average molecular weight is 248 g/mol. The largest absolute Gasteiger partial charge is 0.456 e. The molecule has 1 aromatic heterocycles. The summed E-state index contributed by atoms with van der Waals surface area (Å²) in [4.78, 5) is 15.4. The van der Waals surface area contributed by atoms with Gasteiger partial charge >= 0.3 is 5.97 Å². The third kappa shape index (κ3) is 3.68. The van der Waals surface area contributed by atoms with Gasteiger partial charge in [0.2, 0.25) is 0 Å². The molecule has 3 nitrogen and oxygen atoms in total. The van der Waals surface area contributed by atoms with Crippen molar-refractivity contribution in [2.75, 3.05) is 0 Å². The molecule has 0 bridgehead atoms. The number of rotatable bonds is 1. The predicted octanol–water partition coefficient (Wildman–Crippen LogP) is 3.34. The van der Waals surface area contributed by atoms with Crippen LogP contribution >= 0.6 is 23.2 Å². The second-order valence-corrected chi connectivity index (χ2v) is 4.78. The molecule has 0 saturated carbocycles. The van der Waals surface area contributed by atoms with Crippen LogP contribution in [0.1, 0.15) is 31.1 Å². The SMILES string of the molecule is CC(C)(C)OC(=O)c1cc(Cl)ncc1Cl. The molecule has 1 aromatic rings. The zero-order valence-electron chi connectivity index (χ0n) is 8.67. The van der Waals surface area contributed by atoms with Crippen LogP contribution in [0, 0.1) is 0 Å². The summed E-state index contributed by atoms with van der Waals surface area (Å²) >= 11 is 11.5. The van der Waals surface area contributed by atoms with E-state index in [9.17, 15) is 4.79 Å². The van der Waals surface area contributed by atoms with Crippen LogP contribution in [0.25, 0.3) is 0 Å². The summed E-state index contributed by atoms with van der Waals surface area (Å²) in [5.74, 6) is -0.503. The highest BCUT2D eigenvalue weighted by molar-refractivity contribution is 6.34. The molecule has 0 aliphatic rings. The standard InChI is InChI=1S/C10H11Cl2NO2/c1-10(2,3)15-9(14)6-4-8(12)13-5-7(6)11/h4-5H,1-3H3. The number of esters is 1. The van der Waals surface area contributed by atoms with Crippen molar-refractivity contribution in [3.05, 3.63) is 28.0 Å². The molecule has 0 saturated heterocycles. The summed E-state index contributed by atoms with van der Waals surface area (Å²) < 4.78 is 5.15. The fourth-order valence-corrected chi connectivity index (χ4v) is 1.24. The lowest BCUT2D eigenvalue weighted by Crippen LogP contribution is -2.24. The van der Waals surface area contributed by atoms with Gasteiger partial charge in [0, 0.05) is 6.20 Å². The Bertz CT molecular complexity index is 385. The second kappa shape index (κ2) is 4.37. The Morgan fingerprint density at radius 2 is 2.00 bits per heavy atom. The van der Waals surface area contributed by atoms with E-state index in [0.717, 1.165) is 0 Å². The van der Waals surface area contributed by atoms with Gasteiger partial charge in [-0.1, -0.05) is 23.2 Å². The topological polar surface area (TPSA) is 39.2 Å². The Morgan fingerprint density at radius 3 is 2.53 bits per heavy atom. The van der Waals surface area contributed by atoms with Gasteiger partial charge in [0.1, 0.15) is 10.8 Å². The lowest BCUT2D eigenvalue weighted by atomic mass is 10.2. The van der Waals surface area contributed by atoms with E-state index in [2.05, 4.69) is 4.98 Å². The molecule has 1 rings (SSSR count). The smallest absolute Gasteiger partial charge is 0.340 e. The van der Waals surface area contributed by atoms with Crippen molar-refractivity contribution in [3.8, 4) is 0 Å². The van der Waals surface area contributed by atoms with Crippen molar-refractivity contribution in [2.24, 2.45) is 0 Å². The molecule has 0 aliphatic heterocycles. The Labute approximate surface area is 98.4 Å². The summed E-state index contributed by atoms with van der Waals surface area (Å²) in [6, 6.07) is 1.39. The number of hydrogen-bond acceptors (Lipinski definition) is 3. The van der Waals surface area contributed by atoms with Gasteiger partial charge in [-0.2, -0.15) is 0 Å². The van der Waals surface area contributed by atoms with Crippen LogP contribution in [0.5, 0.6) is 0 Å². The monoisotopic (exact) mass is 247 g/mol. The molecule has 0 spiro atoms. The Morgan fingerprint density at radius 1 is 1.40 bits per heavy atom. The number of nitrogens with zero attached hydrogens (tertiary/aromatic N) is 1. The van der Waals surface area contributed by atoms with Crippen molar-refractivity contribution in [1.82, 2.24) is 4.98 Å². The van der Waals surface area contributed by atoms with Crippen molar-refractivity contribution in [3.63, 3.8) is 0 Å². The van der Waals surface area contributed by atoms with E-state index in [1.807, 2.05) is 0 Å². The molecule has 0 atom stereocenters. The normalized spacial score (nSPS) is 11.3. The number of hydrogen-bond donors (Lipinski definition) is 0. The summed E-state index contributed by atoms with van der Waals surface area (Å²) in [6.45, 7) is 5.34. The molecule has 82 valence electrons. The maximum Gasteiger partial charge on any atom is 0.340 e. The minimum atomic E-state index is -0.559. The molecule has 0 N–H and O–H groups in total. The third-order valence-corrected chi connectivity index (χ3v) is 1.95. The number of carbonyl (C=O) groups is 1. The van der Waals surface area contributed by atoms with Crippen LogP contribution < -0.4 is 0 Å². The van der Waals surface area contributed by atoms with Crippen LogP contribution in [0.4, 0.5) is 0 Å². The lowest BCUT2D eigenvalue weighted by Gasteiger charge is -2.19. The maximum absolute atomic E-state index is 11.6. The number of aromatic nitrogens is 1. The molecule has 0 fully saturated rings. The molecule has 1 heterocycles. The summed E-state index contributed by atoms with van der Waals surface area (Å²) in [6.07, 6.45) is 1.32. The highest BCUT2D eigenvalue weighted by atomic mass is 35.5. The highest BCUT2D eigenvalue weighted by Crippen LogP contribution is 2.21. The minimum absolute atomic E-state index is 0.209. The van der Waals surface area contributed by atoms with E-state index >= 15 is 0 Å². The first-order chi connectivity index (χ1) is 6.79. The summed E-state index contributed by atoms with van der Waals surface area (Å²) in [5, 5.41) is 0.439. The zero-order chi connectivity index (χ0) is 11.6. The van der Waals surface area contributed by atoms with Gasteiger partial charge < -0.3 is 4.74 Å². The molecule has 0 unspecified atom stereocenters. The first-order valence-corrected chi connectivity index (χ1v) is 5.09. The minimum Gasteiger partial charge on any atom is -0.456 e. The molecule has 15 heavy (non-hydrogen) atoms. The second-order valence-electron chi connectivity index (χ2n) is 3.99. The first-order valence-electron chi connectivity index (χ1n) is 4.34. The van der Waals surface area contributed by atoms with E-state index < -0.39 is 11.6 Å². The Kier molecular flexibility index (Phi) is 3.58. The molecule has 0 radical (unpaired) electrons. The summed E-state index contributed by atoms with van der Waals surface area (Å²) in [7, 11) is 0. The maximum atomic E-state index is 11.6. The van der Waals surface area contributed by atoms with Gasteiger partial charge in [0.05, 0.1) is 10.6 Å². The summed E-state index contributed by atoms with van der Waals surface area (Å²) in [5.41, 5.74) is -0.331. The van der Waals surface area contributed by atoms with Crippen LogP contribution in [0.2, 0.25) is 10.2 Å². The molecule has 0 aliphatic carbocycles. The van der Waals surface area contributed by atoms with Gasteiger partial charge in [-0.15, -0.1) is 0 Å². The first kappa shape index (κ1) is 12.3. The van der Waals surface area contributed by atoms with E-state index in [1.165, 1.54) is 12.3 Å². The number of pyridine rings is 1. The average Bonchev–Trinajstić information content (AvgIpc) is 2.06. The molecule has 0 aromatic carbocycles. The van der Waals surface area contributed by atoms with Crippen molar-refractivity contribution < 1.29 is 9.53 Å². The Hall–Kier alpha value is -0.800. The van der Waals surface area contributed by atoms with E-state index in [-0.39, 0.29) is 15.7 Å². The van der Waals surface area contributed by atoms with Crippen LogP contribution in [-0.4, -0.2) is 16.6 Å². The highest BCUT2D eigenvalue weighted by Gasteiger charge is 2.20. The van der Waals surface area contributed by atoms with Crippen molar-refractivity contribution in [1.29, 1.82) is 0 Å². The zero-order valence-corrected chi connectivity index (χ0v) is 10.2. The van der Waals surface area contributed by atoms with Crippen LogP contribution in [-0.2, 0) is 4.74 Å². The van der Waals surface area contributed by atoms with E-state index in [4.69, 9.17) is 27.9 Å². The van der Waals surface area contributed by atoms with Gasteiger partial charge in [-0.3, -0.25) is 0 Å². The van der Waals surface area contributed by atoms with Crippen molar-refractivity contribution >= 4 is 29.2 Å². The van der Waals surface area contributed by atoms with Gasteiger partial charge in [-0.25, -0.2) is 9.78 Å². The fourth-order valence-electron chi connectivity index (χ4n) is 0.903. The third-order valence-electron chi connectivity index (χ3n) is 1.44. The number of ether oxygens (including phenoxy) is 1. The van der Waals surface area contributed by atoms with Crippen molar-refractivity contribution in [2.45, 2.75) is 26.4 Å². The van der Waals surface area contributed by atoms with Gasteiger partial charge in [0.15, 0.2) is 0 Å². The lowest BCUT2D eigenvalue weighted by molar-refractivity contribution is 0.00696. The van der Waals surface area contributed by atoms with E-state index in [1.54, 1.807) is 20.8 Å². The molecular weight excluding hydrogens is 237 g/mol. The molecule has 5 heteroatoms. The number of halogens is 2. The quantitative estimate of drug-likeness (QED) is 0.565. The Balaban J connectivity index is 2.96. The van der Waals surface area contributed by atoms with Crippen LogP contribution in [0.3, 0.4) is 0 Å². The van der Waals surface area contributed by atoms with Gasteiger partial charge in [0.25, 0.3) is 0 Å². The molecule has 0 amide bonds. The predicted molar refractivity (Wildman–Crippen MR) is 59.4 cm³/mol. The number of carbonyl (C=O) groups excluding carboxylic acids is 1. The van der Waals surface area contributed by atoms with Crippen LogP contribution in [0.15, 0.2) is 12.3 Å². The fraction of sp³-hybridized carbons (Fsp3) is 0.400. The molecular formula is C10H11Cl2NO2.